The van der Waals surface area contributed by atoms with Crippen LogP contribution in [-0.2, 0) is 0 Å². The third-order valence-corrected chi connectivity index (χ3v) is 3.69. The molecule has 0 spiro atoms. The summed E-state index contributed by atoms with van der Waals surface area (Å²) in [5.41, 5.74) is 1.76. The molecule has 7 heteroatoms. The molecule has 0 aromatic carbocycles. The van der Waals surface area contributed by atoms with Crippen LogP contribution in [0.4, 0.5) is 0 Å². The third kappa shape index (κ3) is 2.09. The second kappa shape index (κ2) is 4.00. The summed E-state index contributed by atoms with van der Waals surface area (Å²) < 4.78 is 1.99. The predicted octanol–water partition coefficient (Wildman–Crippen LogP) is -3.71. The molecule has 0 radical (unpaired) electrons. The molecular weight excluding hydrogens is 311 g/mol. The van der Waals surface area contributed by atoms with Gasteiger partial charge in [0, 0.05) is 0 Å². The summed E-state index contributed by atoms with van der Waals surface area (Å²) in [7, 11) is 0. The Bertz CT molecular complexity index is 497. The first-order valence-electron chi connectivity index (χ1n) is 4.27. The molecule has 0 bridgehead atoms. The summed E-state index contributed by atoms with van der Waals surface area (Å²) in [4.78, 5) is 0. The fraction of sp³-hybridized carbons (Fsp3) is 0.250. The maximum absolute atomic E-state index is 10.6. The number of aromatic nitrogens is 3. The monoisotopic (exact) mass is 321 g/mol. The van der Waals surface area contributed by atoms with Crippen molar-refractivity contribution in [2.75, 3.05) is 0 Å². The van der Waals surface area contributed by atoms with E-state index in [1.807, 2.05) is 30.5 Å². The van der Waals surface area contributed by atoms with Gasteiger partial charge in [0.2, 0.25) is 0 Å². The Morgan fingerprint density at radius 3 is 2.87 bits per heavy atom. The van der Waals surface area contributed by atoms with Crippen LogP contribution < -0.4 is 24.9 Å². The summed E-state index contributed by atoms with van der Waals surface area (Å²) in [6.45, 7) is 3.76. The summed E-state index contributed by atoms with van der Waals surface area (Å²) in [5, 5.41) is 27.4. The van der Waals surface area contributed by atoms with E-state index in [0.717, 1.165) is 20.6 Å². The Hall–Kier alpha value is -0.770. The van der Waals surface area contributed by atoms with Crippen molar-refractivity contribution in [3.63, 3.8) is 0 Å². The van der Waals surface area contributed by atoms with Gasteiger partial charge in [0.25, 0.3) is 0 Å². The van der Waals surface area contributed by atoms with Crippen LogP contribution in [0, 0.1) is 22.6 Å². The number of halogens is 1. The van der Waals surface area contributed by atoms with Gasteiger partial charge in [-0.15, -0.1) is 0 Å². The van der Waals surface area contributed by atoms with Crippen molar-refractivity contribution in [1.82, 2.24) is 14.6 Å². The van der Waals surface area contributed by atoms with Crippen LogP contribution in [0.15, 0.2) is 12.3 Å². The quantitative estimate of drug-likeness (QED) is 0.339. The van der Waals surface area contributed by atoms with Gasteiger partial charge in [-0.1, -0.05) is 0 Å². The fourth-order valence-corrected chi connectivity index (χ4v) is 2.94. The van der Waals surface area contributed by atoms with Crippen LogP contribution in [0.2, 0.25) is 0 Å². The Morgan fingerprint density at radius 1 is 1.47 bits per heavy atom. The van der Waals surface area contributed by atoms with E-state index >= 15 is 0 Å². The topological polar surface area (TPSA) is 77.9 Å². The molecule has 2 heterocycles. The molecular formula is C8H10IN4O2-. The molecule has 6 nitrogen and oxygen atoms in total. The first-order chi connectivity index (χ1) is 7.08. The van der Waals surface area contributed by atoms with Gasteiger partial charge < -0.3 is 0 Å². The van der Waals surface area contributed by atoms with Crippen molar-refractivity contribution >= 4 is 5.65 Å². The van der Waals surface area contributed by atoms with Crippen molar-refractivity contribution in [2.24, 2.45) is 0 Å². The molecule has 2 N–H and O–H groups in total. The first-order valence-corrected chi connectivity index (χ1v) is 6.43. The number of fused-ring (bicyclic) bond motifs is 1. The van der Waals surface area contributed by atoms with E-state index in [1.165, 1.54) is 0 Å². The van der Waals surface area contributed by atoms with Crippen LogP contribution in [0.5, 0.6) is 0 Å². The number of pyridine rings is 1. The molecule has 82 valence electrons. The molecule has 0 aliphatic carbocycles. The molecule has 0 aliphatic heterocycles. The predicted molar refractivity (Wildman–Crippen MR) is 47.3 cm³/mol. The van der Waals surface area contributed by atoms with Crippen LogP contribution in [0.25, 0.3) is 5.65 Å². The van der Waals surface area contributed by atoms with Gasteiger partial charge in [0.15, 0.2) is 0 Å². The molecule has 2 aromatic rings. The van der Waals surface area contributed by atoms with Gasteiger partial charge in [0.1, 0.15) is 0 Å². The number of quaternary nitrogens is 1. The van der Waals surface area contributed by atoms with E-state index < -0.39 is 24.9 Å². The Labute approximate surface area is 96.7 Å². The van der Waals surface area contributed by atoms with Crippen molar-refractivity contribution in [1.29, 1.82) is 0 Å². The van der Waals surface area contributed by atoms with Crippen molar-refractivity contribution < 1.29 is 30.1 Å². The van der Waals surface area contributed by atoms with E-state index in [4.69, 9.17) is 5.21 Å². The van der Waals surface area contributed by atoms with Gasteiger partial charge in [0.05, 0.1) is 0 Å². The normalized spacial score (nSPS) is 13.6. The van der Waals surface area contributed by atoms with Crippen LogP contribution >= 0.6 is 0 Å². The minimum atomic E-state index is -0.978. The number of nitrogens with zero attached hydrogens (tertiary/aromatic N) is 3. The van der Waals surface area contributed by atoms with Gasteiger partial charge in [-0.3, -0.25) is 0 Å². The van der Waals surface area contributed by atoms with E-state index in [2.05, 4.69) is 10.2 Å². The zero-order valence-corrected chi connectivity index (χ0v) is 10.4. The Balaban J connectivity index is 2.55. The SMILES string of the molecule is Cc1cc([I-][NH+]([O-])O)cn2c(C)nnc12. The second-order valence-electron chi connectivity index (χ2n) is 3.13. The minimum absolute atomic E-state index is 0.724. The van der Waals surface area contributed by atoms with E-state index in [-0.39, 0.29) is 0 Å². The van der Waals surface area contributed by atoms with E-state index in [0.29, 0.717) is 0 Å². The molecule has 0 fully saturated rings. The number of rotatable bonds is 2. The number of hydrogen-bond acceptors (Lipinski definition) is 4. The maximum atomic E-state index is 10.6. The molecule has 15 heavy (non-hydrogen) atoms. The molecule has 1 atom stereocenters. The van der Waals surface area contributed by atoms with Gasteiger partial charge in [-0.05, 0) is 0 Å². The zero-order valence-electron chi connectivity index (χ0n) is 8.23. The molecule has 1 unspecified atom stereocenters. The summed E-state index contributed by atoms with van der Waals surface area (Å²) in [6.07, 6.45) is 1.82. The average molecular weight is 321 g/mol. The number of aryl methyl sites for hydroxylation is 2. The molecule has 0 amide bonds. The number of nitrogens with one attached hydrogen (secondary N) is 1. The van der Waals surface area contributed by atoms with Crippen LogP contribution in [0.3, 0.4) is 0 Å². The summed E-state index contributed by atoms with van der Waals surface area (Å²) >= 11 is -0.978. The second-order valence-corrected chi connectivity index (χ2v) is 5.84. The van der Waals surface area contributed by atoms with Gasteiger partial charge in [-0.25, -0.2) is 0 Å². The Morgan fingerprint density at radius 2 is 2.20 bits per heavy atom. The average Bonchev–Trinajstić information content (AvgIpc) is 2.47. The fourth-order valence-electron chi connectivity index (χ4n) is 1.37. The molecule has 0 saturated heterocycles. The molecule has 2 aromatic heterocycles. The summed E-state index contributed by atoms with van der Waals surface area (Å²) in [6, 6.07) is 1.88. The zero-order chi connectivity index (χ0) is 11.0. The standard InChI is InChI=1S/C8H10IN4O2/c1-5-3-7(9-13(14)15)4-12-6(2)10-11-8(5)12/h3-4,13-14H,1-2H3/q-1. The van der Waals surface area contributed by atoms with Crippen molar-refractivity contribution in [3.05, 3.63) is 32.4 Å². The summed E-state index contributed by atoms with van der Waals surface area (Å²) in [5.74, 6) is 0.782. The van der Waals surface area contributed by atoms with Gasteiger partial charge in [-0.2, -0.15) is 0 Å². The van der Waals surface area contributed by atoms with E-state index in [9.17, 15) is 5.21 Å². The molecule has 0 saturated carbocycles. The molecule has 0 aliphatic rings. The van der Waals surface area contributed by atoms with Crippen LogP contribution in [0.1, 0.15) is 11.4 Å². The number of hydrogen-bond donors (Lipinski definition) is 2. The van der Waals surface area contributed by atoms with Crippen LogP contribution in [-0.4, -0.2) is 19.8 Å². The Kier molecular flexibility index (Phi) is 2.87. The van der Waals surface area contributed by atoms with Gasteiger partial charge >= 0.3 is 96.6 Å². The first kappa shape index (κ1) is 10.7. The van der Waals surface area contributed by atoms with E-state index in [1.54, 1.807) is 0 Å². The molecule has 2 rings (SSSR count). The van der Waals surface area contributed by atoms with Crippen molar-refractivity contribution in [3.8, 4) is 0 Å². The van der Waals surface area contributed by atoms with Crippen molar-refractivity contribution in [2.45, 2.75) is 13.8 Å². The third-order valence-electron chi connectivity index (χ3n) is 2.02.